The summed E-state index contributed by atoms with van der Waals surface area (Å²) in [5.41, 5.74) is 1.20. The van der Waals surface area contributed by atoms with Crippen LogP contribution in [0.4, 0.5) is 0 Å². The second kappa shape index (κ2) is 8.76. The highest BCUT2D eigenvalue weighted by molar-refractivity contribution is 6.29. The number of allylic oxidation sites excluding steroid dienone is 6. The number of hydrogen-bond donors (Lipinski definition) is 0. The van der Waals surface area contributed by atoms with Gasteiger partial charge in [-0.3, -0.25) is 0 Å². The molecule has 0 bridgehead atoms. The fourth-order valence-electron chi connectivity index (χ4n) is 1.05. The van der Waals surface area contributed by atoms with Gasteiger partial charge in [-0.2, -0.15) is 0 Å². The monoisotopic (exact) mass is 212 g/mol. The second-order valence-corrected chi connectivity index (χ2v) is 3.65. The zero-order valence-corrected chi connectivity index (χ0v) is 9.55. The van der Waals surface area contributed by atoms with Crippen molar-refractivity contribution in [1.82, 2.24) is 0 Å². The number of unbranched alkanes of at least 4 members (excludes halogenated alkanes) is 1. The van der Waals surface area contributed by atoms with Crippen molar-refractivity contribution in [3.63, 3.8) is 0 Å². The summed E-state index contributed by atoms with van der Waals surface area (Å²) in [5.74, 6) is 0. The molecule has 14 heavy (non-hydrogen) atoms. The maximum Gasteiger partial charge on any atom is 0.120 e. The van der Waals surface area contributed by atoms with E-state index in [1.54, 1.807) is 0 Å². The molecule has 0 atom stereocenters. The van der Waals surface area contributed by atoms with Crippen molar-refractivity contribution in [2.45, 2.75) is 33.1 Å². The van der Waals surface area contributed by atoms with E-state index in [2.05, 4.69) is 0 Å². The fourth-order valence-corrected chi connectivity index (χ4v) is 1.11. The number of carbonyl (C=O) groups excluding carboxylic acids is 1. The van der Waals surface area contributed by atoms with Gasteiger partial charge in [-0.25, -0.2) is 0 Å². The second-order valence-electron chi connectivity index (χ2n) is 3.05. The predicted octanol–water partition coefficient (Wildman–Crippen LogP) is 4.00. The van der Waals surface area contributed by atoms with Crippen LogP contribution in [0, 0.1) is 0 Å². The van der Waals surface area contributed by atoms with E-state index in [9.17, 15) is 4.79 Å². The lowest BCUT2D eigenvalue weighted by Gasteiger charge is -1.98. The van der Waals surface area contributed by atoms with Crippen LogP contribution in [0.25, 0.3) is 0 Å². The molecule has 1 nitrogen and oxygen atoms in total. The molecule has 0 aliphatic rings. The molecule has 0 spiro atoms. The SMILES string of the molecule is C\C=C/C(=C\C=C(/C)Cl)CCCC=O. The van der Waals surface area contributed by atoms with Crippen molar-refractivity contribution < 1.29 is 4.79 Å². The Morgan fingerprint density at radius 3 is 2.57 bits per heavy atom. The van der Waals surface area contributed by atoms with Gasteiger partial charge in [-0.15, -0.1) is 0 Å². The quantitative estimate of drug-likeness (QED) is 0.370. The zero-order valence-electron chi connectivity index (χ0n) is 8.79. The van der Waals surface area contributed by atoms with E-state index in [1.807, 2.05) is 38.2 Å². The van der Waals surface area contributed by atoms with Crippen LogP contribution in [0.2, 0.25) is 0 Å². The Hall–Kier alpha value is -0.820. The lowest BCUT2D eigenvalue weighted by Crippen LogP contribution is -1.81. The minimum atomic E-state index is 0.623. The van der Waals surface area contributed by atoms with E-state index in [4.69, 9.17) is 11.6 Å². The van der Waals surface area contributed by atoms with Crippen LogP contribution >= 0.6 is 11.6 Å². The Bertz CT molecular complexity index is 245. The van der Waals surface area contributed by atoms with Crippen molar-refractivity contribution in [2.24, 2.45) is 0 Å². The van der Waals surface area contributed by atoms with E-state index in [0.717, 1.165) is 24.2 Å². The van der Waals surface area contributed by atoms with Crippen molar-refractivity contribution in [3.05, 3.63) is 34.9 Å². The highest BCUT2D eigenvalue weighted by Crippen LogP contribution is 2.10. The van der Waals surface area contributed by atoms with Crippen molar-refractivity contribution in [1.29, 1.82) is 0 Å². The Morgan fingerprint density at radius 2 is 2.07 bits per heavy atom. The average Bonchev–Trinajstić information content (AvgIpc) is 2.14. The Balaban J connectivity index is 4.21. The predicted molar refractivity (Wildman–Crippen MR) is 62.4 cm³/mol. The van der Waals surface area contributed by atoms with Gasteiger partial charge in [-0.1, -0.05) is 29.8 Å². The smallest absolute Gasteiger partial charge is 0.120 e. The van der Waals surface area contributed by atoms with Gasteiger partial charge in [0.2, 0.25) is 0 Å². The molecule has 0 saturated heterocycles. The zero-order chi connectivity index (χ0) is 10.8. The summed E-state index contributed by atoms with van der Waals surface area (Å²) in [6, 6.07) is 0. The van der Waals surface area contributed by atoms with Gasteiger partial charge in [0, 0.05) is 11.5 Å². The van der Waals surface area contributed by atoms with Crippen LogP contribution in [0.15, 0.2) is 34.9 Å². The molecular weight excluding hydrogens is 196 g/mol. The summed E-state index contributed by atoms with van der Waals surface area (Å²) in [7, 11) is 0. The maximum atomic E-state index is 10.1. The van der Waals surface area contributed by atoms with Gasteiger partial charge in [0.1, 0.15) is 6.29 Å². The van der Waals surface area contributed by atoms with Gasteiger partial charge in [0.15, 0.2) is 0 Å². The van der Waals surface area contributed by atoms with Crippen LogP contribution < -0.4 is 0 Å². The van der Waals surface area contributed by atoms with E-state index in [-0.39, 0.29) is 0 Å². The first-order valence-electron chi connectivity index (χ1n) is 4.80. The number of hydrogen-bond acceptors (Lipinski definition) is 1. The van der Waals surface area contributed by atoms with Crippen LogP contribution in [-0.2, 0) is 4.79 Å². The van der Waals surface area contributed by atoms with Gasteiger partial charge >= 0.3 is 0 Å². The molecule has 0 saturated carbocycles. The highest BCUT2D eigenvalue weighted by atomic mass is 35.5. The summed E-state index contributed by atoms with van der Waals surface area (Å²) >= 11 is 5.72. The summed E-state index contributed by atoms with van der Waals surface area (Å²) in [6.45, 7) is 3.82. The highest BCUT2D eigenvalue weighted by Gasteiger charge is 1.91. The molecule has 0 aliphatic heterocycles. The largest absolute Gasteiger partial charge is 0.303 e. The Labute approximate surface area is 91.1 Å². The summed E-state index contributed by atoms with van der Waals surface area (Å²) in [4.78, 5) is 10.1. The van der Waals surface area contributed by atoms with E-state index >= 15 is 0 Å². The third-order valence-electron chi connectivity index (χ3n) is 1.70. The third-order valence-corrected chi connectivity index (χ3v) is 1.82. The summed E-state index contributed by atoms with van der Waals surface area (Å²) < 4.78 is 0. The molecule has 0 aromatic rings. The lowest BCUT2D eigenvalue weighted by atomic mass is 10.1. The normalized spacial score (nSPS) is 13.6. The third kappa shape index (κ3) is 7.81. The molecule has 0 rings (SSSR count). The minimum absolute atomic E-state index is 0.623. The van der Waals surface area contributed by atoms with Gasteiger partial charge in [0.05, 0.1) is 0 Å². The Kier molecular flexibility index (Phi) is 8.25. The van der Waals surface area contributed by atoms with E-state index < -0.39 is 0 Å². The summed E-state index contributed by atoms with van der Waals surface area (Å²) in [6.07, 6.45) is 11.3. The molecule has 0 aliphatic carbocycles. The van der Waals surface area contributed by atoms with Crippen LogP contribution in [0.1, 0.15) is 33.1 Å². The van der Waals surface area contributed by atoms with Gasteiger partial charge in [-0.05, 0) is 38.3 Å². The molecular formula is C12H17ClO. The lowest BCUT2D eigenvalue weighted by molar-refractivity contribution is -0.107. The molecule has 78 valence electrons. The number of aldehydes is 1. The standard InChI is InChI=1S/C12H17ClO/c1-3-6-12(7-4-5-10-14)9-8-11(2)13/h3,6,8-10H,4-5,7H2,1-2H3/b6-3-,11-8+,12-9+. The van der Waals surface area contributed by atoms with E-state index in [1.165, 1.54) is 5.57 Å². The van der Waals surface area contributed by atoms with Gasteiger partial charge < -0.3 is 4.79 Å². The first-order chi connectivity index (χ1) is 6.70. The molecule has 0 radical (unpaired) electrons. The number of rotatable bonds is 6. The van der Waals surface area contributed by atoms with Crippen molar-refractivity contribution >= 4 is 17.9 Å². The molecule has 0 amide bonds. The fraction of sp³-hybridized carbons (Fsp3) is 0.417. The van der Waals surface area contributed by atoms with Crippen molar-refractivity contribution in [2.75, 3.05) is 0 Å². The van der Waals surface area contributed by atoms with Crippen LogP contribution in [0.3, 0.4) is 0 Å². The van der Waals surface area contributed by atoms with Gasteiger partial charge in [0.25, 0.3) is 0 Å². The molecule has 0 N–H and O–H groups in total. The average molecular weight is 213 g/mol. The molecule has 0 heterocycles. The molecule has 0 aromatic carbocycles. The topological polar surface area (TPSA) is 17.1 Å². The number of halogens is 1. The minimum Gasteiger partial charge on any atom is -0.303 e. The number of carbonyl (C=O) groups is 1. The summed E-state index contributed by atoms with van der Waals surface area (Å²) in [5, 5.41) is 0.766. The first kappa shape index (κ1) is 13.2. The molecule has 0 aromatic heterocycles. The van der Waals surface area contributed by atoms with Crippen LogP contribution in [-0.4, -0.2) is 6.29 Å². The molecule has 0 fully saturated rings. The maximum absolute atomic E-state index is 10.1. The van der Waals surface area contributed by atoms with Crippen LogP contribution in [0.5, 0.6) is 0 Å². The molecule has 2 heteroatoms. The first-order valence-corrected chi connectivity index (χ1v) is 5.17. The molecule has 0 unspecified atom stereocenters. The van der Waals surface area contributed by atoms with E-state index in [0.29, 0.717) is 6.42 Å². The van der Waals surface area contributed by atoms with Crippen molar-refractivity contribution in [3.8, 4) is 0 Å². The Morgan fingerprint density at radius 1 is 1.36 bits per heavy atom.